The van der Waals surface area contributed by atoms with Crippen LogP contribution in [0.5, 0.6) is 0 Å². The van der Waals surface area contributed by atoms with Gasteiger partial charge in [0, 0.05) is 35.8 Å². The molecule has 1 amide bonds. The van der Waals surface area contributed by atoms with Gasteiger partial charge in [-0.1, -0.05) is 24.3 Å². The standard InChI is InChI=1S/C20H24N6O/c1-3-25-11-5-7-16(25)13-22-20(27)19-14(2)26(24-23-19)18-8-4-6-15-12-21-10-9-17(15)18/h4,6,8-10,12,16H,3,5,7,11,13H2,1-2H3,(H,22,27)/t16-/m0/s1. The fraction of sp³-hybridized carbons (Fsp3) is 0.400. The summed E-state index contributed by atoms with van der Waals surface area (Å²) < 4.78 is 1.73. The van der Waals surface area contributed by atoms with Crippen molar-refractivity contribution >= 4 is 16.7 Å². The number of aromatic nitrogens is 4. The summed E-state index contributed by atoms with van der Waals surface area (Å²) in [6.07, 6.45) is 5.90. The molecule has 27 heavy (non-hydrogen) atoms. The molecule has 1 N–H and O–H groups in total. The maximum atomic E-state index is 12.7. The van der Waals surface area contributed by atoms with Crippen LogP contribution in [0.3, 0.4) is 0 Å². The molecule has 4 rings (SSSR count). The van der Waals surface area contributed by atoms with Crippen LogP contribution in [0.25, 0.3) is 16.5 Å². The predicted molar refractivity (Wildman–Crippen MR) is 104 cm³/mol. The summed E-state index contributed by atoms with van der Waals surface area (Å²) in [4.78, 5) is 19.2. The van der Waals surface area contributed by atoms with Gasteiger partial charge in [0.2, 0.25) is 0 Å². The minimum absolute atomic E-state index is 0.163. The zero-order valence-corrected chi connectivity index (χ0v) is 15.7. The van der Waals surface area contributed by atoms with Gasteiger partial charge in [0.15, 0.2) is 5.69 Å². The number of benzene rings is 1. The van der Waals surface area contributed by atoms with E-state index in [9.17, 15) is 4.79 Å². The lowest BCUT2D eigenvalue weighted by Gasteiger charge is -2.22. The van der Waals surface area contributed by atoms with E-state index in [1.807, 2.05) is 37.4 Å². The number of nitrogens with zero attached hydrogens (tertiary/aromatic N) is 5. The zero-order valence-electron chi connectivity index (χ0n) is 15.7. The molecular weight excluding hydrogens is 340 g/mol. The predicted octanol–water partition coefficient (Wildman–Crippen LogP) is 2.34. The van der Waals surface area contributed by atoms with E-state index in [-0.39, 0.29) is 5.91 Å². The number of rotatable bonds is 5. The Kier molecular flexibility index (Phi) is 4.85. The van der Waals surface area contributed by atoms with Crippen LogP contribution in [0.15, 0.2) is 36.7 Å². The van der Waals surface area contributed by atoms with Gasteiger partial charge in [-0.25, -0.2) is 4.68 Å². The van der Waals surface area contributed by atoms with Gasteiger partial charge in [-0.2, -0.15) is 0 Å². The quantitative estimate of drug-likeness (QED) is 0.752. The summed E-state index contributed by atoms with van der Waals surface area (Å²) in [5.74, 6) is -0.163. The first kappa shape index (κ1) is 17.6. The number of likely N-dealkylation sites (tertiary alicyclic amines) is 1. The number of carbonyl (C=O) groups is 1. The maximum Gasteiger partial charge on any atom is 0.273 e. The number of amides is 1. The fourth-order valence-corrected chi connectivity index (χ4v) is 3.89. The molecule has 0 unspecified atom stereocenters. The van der Waals surface area contributed by atoms with Gasteiger partial charge >= 0.3 is 0 Å². The molecule has 140 valence electrons. The van der Waals surface area contributed by atoms with Gasteiger partial charge in [-0.3, -0.25) is 14.7 Å². The lowest BCUT2D eigenvalue weighted by Crippen LogP contribution is -2.40. The molecule has 1 aliphatic heterocycles. The third kappa shape index (κ3) is 3.30. The van der Waals surface area contributed by atoms with Gasteiger partial charge < -0.3 is 5.32 Å². The normalized spacial score (nSPS) is 17.5. The van der Waals surface area contributed by atoms with Crippen molar-refractivity contribution in [1.82, 2.24) is 30.2 Å². The first-order chi connectivity index (χ1) is 13.2. The Labute approximate surface area is 158 Å². The number of carbonyl (C=O) groups excluding carboxylic acids is 1. The minimum Gasteiger partial charge on any atom is -0.349 e. The average molecular weight is 364 g/mol. The van der Waals surface area contributed by atoms with Gasteiger partial charge in [0.05, 0.1) is 11.4 Å². The van der Waals surface area contributed by atoms with Crippen molar-refractivity contribution in [3.63, 3.8) is 0 Å². The lowest BCUT2D eigenvalue weighted by atomic mass is 10.1. The second-order valence-electron chi connectivity index (χ2n) is 6.94. The van der Waals surface area contributed by atoms with Crippen LogP contribution in [0.4, 0.5) is 0 Å². The van der Waals surface area contributed by atoms with Crippen molar-refractivity contribution in [3.05, 3.63) is 48.0 Å². The number of fused-ring (bicyclic) bond motifs is 1. The zero-order chi connectivity index (χ0) is 18.8. The summed E-state index contributed by atoms with van der Waals surface area (Å²) >= 11 is 0. The molecule has 0 aliphatic carbocycles. The van der Waals surface area contributed by atoms with E-state index in [2.05, 4.69) is 32.4 Å². The van der Waals surface area contributed by atoms with Crippen LogP contribution in [0.1, 0.15) is 35.9 Å². The highest BCUT2D eigenvalue weighted by Crippen LogP contribution is 2.22. The van der Waals surface area contributed by atoms with Gasteiger partial charge in [-0.05, 0) is 45.0 Å². The van der Waals surface area contributed by atoms with E-state index in [1.165, 1.54) is 6.42 Å². The van der Waals surface area contributed by atoms with E-state index < -0.39 is 0 Å². The van der Waals surface area contributed by atoms with Gasteiger partial charge in [-0.15, -0.1) is 5.10 Å². The second kappa shape index (κ2) is 7.44. The van der Waals surface area contributed by atoms with Crippen molar-refractivity contribution < 1.29 is 4.79 Å². The molecule has 1 atom stereocenters. The number of nitrogens with one attached hydrogen (secondary N) is 1. The molecule has 3 heterocycles. The molecule has 7 heteroatoms. The van der Waals surface area contributed by atoms with Crippen molar-refractivity contribution in [3.8, 4) is 5.69 Å². The highest BCUT2D eigenvalue weighted by molar-refractivity contribution is 5.94. The Morgan fingerprint density at radius 2 is 2.22 bits per heavy atom. The third-order valence-corrected chi connectivity index (χ3v) is 5.40. The Balaban J connectivity index is 1.56. The molecule has 1 aliphatic rings. The van der Waals surface area contributed by atoms with Crippen LogP contribution in [-0.4, -0.2) is 56.5 Å². The largest absolute Gasteiger partial charge is 0.349 e. The molecular formula is C20H24N6O. The van der Waals surface area contributed by atoms with Crippen molar-refractivity contribution in [1.29, 1.82) is 0 Å². The SMILES string of the molecule is CCN1CCC[C@H]1CNC(=O)c1nnn(-c2cccc3cnccc23)c1C. The Hall–Kier alpha value is -2.80. The second-order valence-corrected chi connectivity index (χ2v) is 6.94. The summed E-state index contributed by atoms with van der Waals surface area (Å²) in [7, 11) is 0. The van der Waals surface area contributed by atoms with E-state index in [0.717, 1.165) is 41.7 Å². The Morgan fingerprint density at radius 3 is 3.07 bits per heavy atom. The third-order valence-electron chi connectivity index (χ3n) is 5.40. The average Bonchev–Trinajstić information content (AvgIpc) is 3.31. The fourth-order valence-electron chi connectivity index (χ4n) is 3.89. The molecule has 0 spiro atoms. The lowest BCUT2D eigenvalue weighted by molar-refractivity contribution is 0.0935. The maximum absolute atomic E-state index is 12.7. The molecule has 1 aromatic carbocycles. The summed E-state index contributed by atoms with van der Waals surface area (Å²) in [5, 5.41) is 13.5. The highest BCUT2D eigenvalue weighted by Gasteiger charge is 2.25. The molecule has 1 fully saturated rings. The number of hydrogen-bond acceptors (Lipinski definition) is 5. The first-order valence-electron chi connectivity index (χ1n) is 9.46. The van der Waals surface area contributed by atoms with E-state index in [4.69, 9.17) is 0 Å². The van der Waals surface area contributed by atoms with E-state index in [1.54, 1.807) is 10.9 Å². The summed E-state index contributed by atoms with van der Waals surface area (Å²) in [6.45, 7) is 6.82. The number of hydrogen-bond donors (Lipinski definition) is 1. The summed E-state index contributed by atoms with van der Waals surface area (Å²) in [6, 6.07) is 8.31. The van der Waals surface area contributed by atoms with Crippen molar-refractivity contribution in [2.75, 3.05) is 19.6 Å². The van der Waals surface area contributed by atoms with Gasteiger partial charge in [0.25, 0.3) is 5.91 Å². The van der Waals surface area contributed by atoms with Crippen LogP contribution in [0.2, 0.25) is 0 Å². The van der Waals surface area contributed by atoms with Crippen LogP contribution >= 0.6 is 0 Å². The topological polar surface area (TPSA) is 75.9 Å². The minimum atomic E-state index is -0.163. The molecule has 0 radical (unpaired) electrons. The smallest absolute Gasteiger partial charge is 0.273 e. The molecule has 1 saturated heterocycles. The Morgan fingerprint density at radius 1 is 1.33 bits per heavy atom. The number of likely N-dealkylation sites (N-methyl/N-ethyl adjacent to an activating group) is 1. The molecule has 3 aromatic rings. The van der Waals surface area contributed by atoms with Crippen LogP contribution in [-0.2, 0) is 0 Å². The van der Waals surface area contributed by atoms with Gasteiger partial charge in [0.1, 0.15) is 0 Å². The first-order valence-corrected chi connectivity index (χ1v) is 9.46. The van der Waals surface area contributed by atoms with E-state index in [0.29, 0.717) is 18.3 Å². The van der Waals surface area contributed by atoms with Crippen molar-refractivity contribution in [2.24, 2.45) is 0 Å². The highest BCUT2D eigenvalue weighted by atomic mass is 16.2. The molecule has 0 saturated carbocycles. The summed E-state index contributed by atoms with van der Waals surface area (Å²) in [5.41, 5.74) is 2.00. The molecule has 7 nitrogen and oxygen atoms in total. The van der Waals surface area contributed by atoms with Crippen molar-refractivity contribution in [2.45, 2.75) is 32.7 Å². The van der Waals surface area contributed by atoms with Crippen LogP contribution < -0.4 is 5.32 Å². The van der Waals surface area contributed by atoms with Crippen LogP contribution in [0, 0.1) is 6.92 Å². The number of pyridine rings is 1. The Bertz CT molecular complexity index is 961. The van der Waals surface area contributed by atoms with E-state index >= 15 is 0 Å². The molecule has 0 bridgehead atoms. The molecule has 2 aromatic heterocycles. The monoisotopic (exact) mass is 364 g/mol.